The summed E-state index contributed by atoms with van der Waals surface area (Å²) >= 11 is 3.36. The first-order valence-electron chi connectivity index (χ1n) is 7.50. The minimum Gasteiger partial charge on any atom is -0.333 e. The van der Waals surface area contributed by atoms with E-state index in [0.717, 1.165) is 10.0 Å². The lowest BCUT2D eigenvalue weighted by atomic mass is 10.1. The van der Waals surface area contributed by atoms with E-state index in [4.69, 9.17) is 0 Å². The fourth-order valence-corrected chi connectivity index (χ4v) is 2.57. The molecule has 0 saturated heterocycles. The van der Waals surface area contributed by atoms with Crippen molar-refractivity contribution in [2.75, 3.05) is 18.4 Å². The average Bonchev–Trinajstić information content (AvgIpc) is 2.55. The standard InChI is InChI=1S/C18H18BrFN2O2/c1-13(23)22(11-10-14-6-8-15(20)9-7-14)12-18(24)21-17-5-3-2-4-16(17)19/h2-9H,10-12H2,1H3,(H,21,24). The molecule has 4 nitrogen and oxygen atoms in total. The highest BCUT2D eigenvalue weighted by atomic mass is 79.9. The number of halogens is 2. The largest absolute Gasteiger partial charge is 0.333 e. The molecule has 0 radical (unpaired) electrons. The molecule has 2 rings (SSSR count). The van der Waals surface area contributed by atoms with Crippen LogP contribution in [0.2, 0.25) is 0 Å². The summed E-state index contributed by atoms with van der Waals surface area (Å²) in [5.41, 5.74) is 1.57. The van der Waals surface area contributed by atoms with Gasteiger partial charge in [0.2, 0.25) is 11.8 Å². The number of hydrogen-bond acceptors (Lipinski definition) is 2. The third kappa shape index (κ3) is 5.45. The number of nitrogens with zero attached hydrogens (tertiary/aromatic N) is 1. The molecule has 24 heavy (non-hydrogen) atoms. The van der Waals surface area contributed by atoms with E-state index in [9.17, 15) is 14.0 Å². The van der Waals surface area contributed by atoms with Crippen LogP contribution in [0.5, 0.6) is 0 Å². The number of nitrogens with one attached hydrogen (secondary N) is 1. The predicted octanol–water partition coefficient (Wildman–Crippen LogP) is 3.62. The van der Waals surface area contributed by atoms with Gasteiger partial charge >= 0.3 is 0 Å². The van der Waals surface area contributed by atoms with Crippen LogP contribution in [0.25, 0.3) is 0 Å². The van der Waals surface area contributed by atoms with E-state index in [2.05, 4.69) is 21.2 Å². The zero-order valence-corrected chi connectivity index (χ0v) is 14.8. The molecule has 0 aliphatic heterocycles. The summed E-state index contributed by atoms with van der Waals surface area (Å²) < 4.78 is 13.7. The number of benzene rings is 2. The van der Waals surface area contributed by atoms with Crippen molar-refractivity contribution in [1.82, 2.24) is 4.90 Å². The van der Waals surface area contributed by atoms with Gasteiger partial charge in [0.25, 0.3) is 0 Å². The number of amides is 2. The van der Waals surface area contributed by atoms with Crippen LogP contribution in [-0.4, -0.2) is 29.8 Å². The van der Waals surface area contributed by atoms with E-state index < -0.39 is 0 Å². The van der Waals surface area contributed by atoms with Crippen LogP contribution < -0.4 is 5.32 Å². The second kappa shape index (κ2) is 8.59. The minimum absolute atomic E-state index is 0.0299. The molecule has 0 atom stereocenters. The Morgan fingerprint density at radius 2 is 1.79 bits per heavy atom. The van der Waals surface area contributed by atoms with Gasteiger partial charge in [-0.3, -0.25) is 9.59 Å². The Bertz CT molecular complexity index is 719. The summed E-state index contributed by atoms with van der Waals surface area (Å²) in [6.45, 7) is 1.79. The summed E-state index contributed by atoms with van der Waals surface area (Å²) in [6, 6.07) is 13.4. The Morgan fingerprint density at radius 1 is 1.12 bits per heavy atom. The summed E-state index contributed by atoms with van der Waals surface area (Å²) in [4.78, 5) is 25.4. The van der Waals surface area contributed by atoms with E-state index in [1.165, 1.54) is 24.0 Å². The van der Waals surface area contributed by atoms with Gasteiger partial charge in [-0.25, -0.2) is 4.39 Å². The molecule has 6 heteroatoms. The molecule has 1 N–H and O–H groups in total. The highest BCUT2D eigenvalue weighted by Crippen LogP contribution is 2.21. The summed E-state index contributed by atoms with van der Waals surface area (Å²) in [7, 11) is 0. The lowest BCUT2D eigenvalue weighted by Gasteiger charge is -2.20. The molecule has 0 unspecified atom stereocenters. The van der Waals surface area contributed by atoms with E-state index in [-0.39, 0.29) is 24.2 Å². The summed E-state index contributed by atoms with van der Waals surface area (Å²) in [5.74, 6) is -0.745. The van der Waals surface area contributed by atoms with Crippen molar-refractivity contribution in [2.45, 2.75) is 13.3 Å². The number of para-hydroxylation sites is 1. The van der Waals surface area contributed by atoms with E-state index in [1.807, 2.05) is 18.2 Å². The number of carbonyl (C=O) groups is 2. The monoisotopic (exact) mass is 392 g/mol. The number of anilines is 1. The molecule has 0 saturated carbocycles. The zero-order valence-electron chi connectivity index (χ0n) is 13.3. The Hall–Kier alpha value is -2.21. The molecule has 0 aromatic heterocycles. The van der Waals surface area contributed by atoms with Gasteiger partial charge in [-0.05, 0) is 52.2 Å². The minimum atomic E-state index is -0.296. The quantitative estimate of drug-likeness (QED) is 0.815. The number of hydrogen-bond donors (Lipinski definition) is 1. The first-order valence-corrected chi connectivity index (χ1v) is 8.29. The smallest absolute Gasteiger partial charge is 0.244 e. The third-order valence-corrected chi connectivity index (χ3v) is 4.20. The topological polar surface area (TPSA) is 49.4 Å². The molecule has 0 aliphatic carbocycles. The van der Waals surface area contributed by atoms with Crippen molar-refractivity contribution in [2.24, 2.45) is 0 Å². The molecular formula is C18H18BrFN2O2. The van der Waals surface area contributed by atoms with Gasteiger partial charge in [-0.2, -0.15) is 0 Å². The molecule has 0 spiro atoms. The van der Waals surface area contributed by atoms with Gasteiger partial charge in [-0.15, -0.1) is 0 Å². The van der Waals surface area contributed by atoms with Crippen molar-refractivity contribution in [3.8, 4) is 0 Å². The van der Waals surface area contributed by atoms with Crippen molar-refractivity contribution in [3.63, 3.8) is 0 Å². The van der Waals surface area contributed by atoms with Gasteiger partial charge in [-0.1, -0.05) is 24.3 Å². The maximum absolute atomic E-state index is 12.9. The highest BCUT2D eigenvalue weighted by molar-refractivity contribution is 9.10. The number of carbonyl (C=O) groups excluding carboxylic acids is 2. The highest BCUT2D eigenvalue weighted by Gasteiger charge is 2.14. The Morgan fingerprint density at radius 3 is 2.42 bits per heavy atom. The maximum atomic E-state index is 12.9. The SMILES string of the molecule is CC(=O)N(CCc1ccc(F)cc1)CC(=O)Nc1ccccc1Br. The average molecular weight is 393 g/mol. The molecule has 0 heterocycles. The van der Waals surface area contributed by atoms with E-state index in [1.54, 1.807) is 18.2 Å². The Balaban J connectivity index is 1.93. The van der Waals surface area contributed by atoms with Crippen LogP contribution in [0.1, 0.15) is 12.5 Å². The summed E-state index contributed by atoms with van der Waals surface area (Å²) in [6.07, 6.45) is 0.558. The fourth-order valence-electron chi connectivity index (χ4n) is 2.19. The molecule has 2 aromatic carbocycles. The molecule has 2 amide bonds. The number of rotatable bonds is 6. The molecule has 0 fully saturated rings. The Labute approximate surface area is 148 Å². The van der Waals surface area contributed by atoms with Gasteiger partial charge in [0.15, 0.2) is 0 Å². The van der Waals surface area contributed by atoms with E-state index in [0.29, 0.717) is 18.7 Å². The molecule has 2 aromatic rings. The second-order valence-corrected chi connectivity index (χ2v) is 6.20. The molecule has 126 valence electrons. The van der Waals surface area contributed by atoms with Crippen molar-refractivity contribution in [1.29, 1.82) is 0 Å². The lowest BCUT2D eigenvalue weighted by molar-refractivity contribution is -0.132. The predicted molar refractivity (Wildman–Crippen MR) is 95.1 cm³/mol. The van der Waals surface area contributed by atoms with Crippen LogP contribution in [0.4, 0.5) is 10.1 Å². The lowest BCUT2D eigenvalue weighted by Crippen LogP contribution is -2.38. The van der Waals surface area contributed by atoms with Crippen LogP contribution >= 0.6 is 15.9 Å². The molecular weight excluding hydrogens is 375 g/mol. The second-order valence-electron chi connectivity index (χ2n) is 5.35. The Kier molecular flexibility index (Phi) is 6.49. The third-order valence-electron chi connectivity index (χ3n) is 3.51. The van der Waals surface area contributed by atoms with E-state index >= 15 is 0 Å². The normalized spacial score (nSPS) is 10.3. The first-order chi connectivity index (χ1) is 11.5. The first kappa shape index (κ1) is 18.1. The van der Waals surface area contributed by atoms with Gasteiger partial charge in [0.05, 0.1) is 12.2 Å². The van der Waals surface area contributed by atoms with Crippen molar-refractivity contribution >= 4 is 33.4 Å². The van der Waals surface area contributed by atoms with Crippen LogP contribution in [0.3, 0.4) is 0 Å². The fraction of sp³-hybridized carbons (Fsp3) is 0.222. The van der Waals surface area contributed by atoms with Crippen LogP contribution in [-0.2, 0) is 16.0 Å². The van der Waals surface area contributed by atoms with Gasteiger partial charge in [0.1, 0.15) is 5.82 Å². The zero-order chi connectivity index (χ0) is 17.5. The summed E-state index contributed by atoms with van der Waals surface area (Å²) in [5, 5.41) is 2.77. The maximum Gasteiger partial charge on any atom is 0.244 e. The molecule has 0 bridgehead atoms. The molecule has 0 aliphatic rings. The van der Waals surface area contributed by atoms with Crippen LogP contribution in [0.15, 0.2) is 53.0 Å². The van der Waals surface area contributed by atoms with Crippen molar-refractivity contribution in [3.05, 3.63) is 64.4 Å². The van der Waals surface area contributed by atoms with Crippen LogP contribution in [0, 0.1) is 5.82 Å². The van der Waals surface area contributed by atoms with Gasteiger partial charge in [0, 0.05) is 17.9 Å². The van der Waals surface area contributed by atoms with Gasteiger partial charge < -0.3 is 10.2 Å². The van der Waals surface area contributed by atoms with Crippen molar-refractivity contribution < 1.29 is 14.0 Å².